The Kier molecular flexibility index (Phi) is 4.81. The van der Waals surface area contributed by atoms with Crippen LogP contribution in [0.3, 0.4) is 0 Å². The second kappa shape index (κ2) is 7.03. The van der Waals surface area contributed by atoms with Crippen LogP contribution >= 0.6 is 0 Å². The van der Waals surface area contributed by atoms with Crippen LogP contribution in [-0.4, -0.2) is 38.2 Å². The van der Waals surface area contributed by atoms with Crippen molar-refractivity contribution in [2.75, 3.05) is 21.3 Å². The molecule has 0 saturated carbocycles. The van der Waals surface area contributed by atoms with Crippen molar-refractivity contribution in [2.45, 2.75) is 18.6 Å². The SMILES string of the molecule is COc1cccc([C@H]2[C@H](N)C(=O)N2Cc2ccc(OC)c(OC)c2)c1. The van der Waals surface area contributed by atoms with Crippen molar-refractivity contribution in [3.63, 3.8) is 0 Å². The fourth-order valence-corrected chi connectivity index (χ4v) is 3.14. The zero-order valence-electron chi connectivity index (χ0n) is 14.6. The lowest BCUT2D eigenvalue weighted by Gasteiger charge is -2.46. The number of likely N-dealkylation sites (tertiary alicyclic amines) is 1. The number of carbonyl (C=O) groups is 1. The predicted molar refractivity (Wildman–Crippen MR) is 93.8 cm³/mol. The number of rotatable bonds is 6. The number of methoxy groups -OCH3 is 3. The van der Waals surface area contributed by atoms with Gasteiger partial charge in [0, 0.05) is 6.54 Å². The molecule has 1 fully saturated rings. The maximum absolute atomic E-state index is 12.3. The molecule has 1 amide bonds. The van der Waals surface area contributed by atoms with E-state index in [9.17, 15) is 4.79 Å². The largest absolute Gasteiger partial charge is 0.497 e. The molecule has 1 heterocycles. The van der Waals surface area contributed by atoms with Gasteiger partial charge in [-0.05, 0) is 35.4 Å². The molecule has 0 aliphatic carbocycles. The molecule has 0 spiro atoms. The van der Waals surface area contributed by atoms with Gasteiger partial charge in [-0.25, -0.2) is 0 Å². The summed E-state index contributed by atoms with van der Waals surface area (Å²) < 4.78 is 15.9. The molecule has 3 rings (SSSR count). The molecule has 2 aromatic carbocycles. The number of nitrogens with zero attached hydrogens (tertiary/aromatic N) is 1. The molecule has 1 saturated heterocycles. The Morgan fingerprint density at radius 1 is 1.00 bits per heavy atom. The molecule has 0 unspecified atom stereocenters. The highest BCUT2D eigenvalue weighted by Crippen LogP contribution is 2.37. The molecule has 0 bridgehead atoms. The van der Waals surface area contributed by atoms with Crippen LogP contribution in [0, 0.1) is 0 Å². The zero-order chi connectivity index (χ0) is 18.0. The summed E-state index contributed by atoms with van der Waals surface area (Å²) in [6, 6.07) is 12.6. The molecule has 25 heavy (non-hydrogen) atoms. The van der Waals surface area contributed by atoms with E-state index in [0.29, 0.717) is 18.0 Å². The standard InChI is InChI=1S/C19H22N2O4/c1-23-14-6-4-5-13(10-14)18-17(20)19(22)21(18)11-12-7-8-15(24-2)16(9-12)25-3/h4-10,17-18H,11,20H2,1-3H3/t17-,18-/m0/s1. The van der Waals surface area contributed by atoms with E-state index in [4.69, 9.17) is 19.9 Å². The molecule has 6 heteroatoms. The van der Waals surface area contributed by atoms with Gasteiger partial charge in [-0.15, -0.1) is 0 Å². The van der Waals surface area contributed by atoms with Crippen LogP contribution in [0.4, 0.5) is 0 Å². The minimum Gasteiger partial charge on any atom is -0.497 e. The van der Waals surface area contributed by atoms with Crippen LogP contribution in [0.15, 0.2) is 42.5 Å². The Balaban J connectivity index is 1.84. The summed E-state index contributed by atoms with van der Waals surface area (Å²) in [6.45, 7) is 0.453. The number of hydrogen-bond donors (Lipinski definition) is 1. The van der Waals surface area contributed by atoms with Crippen molar-refractivity contribution >= 4 is 5.91 Å². The number of nitrogens with two attached hydrogens (primary N) is 1. The van der Waals surface area contributed by atoms with Gasteiger partial charge in [0.1, 0.15) is 11.8 Å². The van der Waals surface area contributed by atoms with E-state index in [1.807, 2.05) is 42.5 Å². The number of β-lactam (4-membered cyclic amide) rings is 1. The van der Waals surface area contributed by atoms with Gasteiger partial charge in [0.2, 0.25) is 5.91 Å². The van der Waals surface area contributed by atoms with E-state index in [1.165, 1.54) is 0 Å². The molecular formula is C19H22N2O4. The van der Waals surface area contributed by atoms with Gasteiger partial charge in [0.25, 0.3) is 0 Å². The summed E-state index contributed by atoms with van der Waals surface area (Å²) in [4.78, 5) is 14.1. The smallest absolute Gasteiger partial charge is 0.242 e. The third-order valence-corrected chi connectivity index (χ3v) is 4.48. The van der Waals surface area contributed by atoms with Crippen molar-refractivity contribution in [2.24, 2.45) is 5.73 Å². The minimum absolute atomic E-state index is 0.0670. The molecule has 1 aliphatic heterocycles. The van der Waals surface area contributed by atoms with Crippen molar-refractivity contribution in [1.82, 2.24) is 4.90 Å². The third kappa shape index (κ3) is 3.13. The number of benzene rings is 2. The van der Waals surface area contributed by atoms with Crippen LogP contribution in [0.1, 0.15) is 17.2 Å². The van der Waals surface area contributed by atoms with Crippen LogP contribution in [0.25, 0.3) is 0 Å². The Morgan fingerprint density at radius 2 is 1.76 bits per heavy atom. The molecule has 2 aromatic rings. The number of hydrogen-bond acceptors (Lipinski definition) is 5. The maximum Gasteiger partial charge on any atom is 0.242 e. The highest BCUT2D eigenvalue weighted by molar-refractivity contribution is 5.89. The first-order valence-corrected chi connectivity index (χ1v) is 8.00. The van der Waals surface area contributed by atoms with Gasteiger partial charge in [-0.2, -0.15) is 0 Å². The summed E-state index contributed by atoms with van der Waals surface area (Å²) in [5, 5.41) is 0. The van der Waals surface area contributed by atoms with Gasteiger partial charge in [-0.3, -0.25) is 4.79 Å². The zero-order valence-corrected chi connectivity index (χ0v) is 14.6. The number of ether oxygens (including phenoxy) is 3. The van der Waals surface area contributed by atoms with Gasteiger partial charge in [0.15, 0.2) is 11.5 Å². The first-order valence-electron chi connectivity index (χ1n) is 8.00. The molecule has 2 N–H and O–H groups in total. The fourth-order valence-electron chi connectivity index (χ4n) is 3.14. The first-order chi connectivity index (χ1) is 12.1. The fraction of sp³-hybridized carbons (Fsp3) is 0.316. The monoisotopic (exact) mass is 342 g/mol. The van der Waals surface area contributed by atoms with E-state index in [0.717, 1.165) is 16.9 Å². The highest BCUT2D eigenvalue weighted by atomic mass is 16.5. The summed E-state index contributed by atoms with van der Waals surface area (Å²) in [5.41, 5.74) is 7.97. The predicted octanol–water partition coefficient (Wildman–Crippen LogP) is 2.12. The van der Waals surface area contributed by atoms with E-state index < -0.39 is 6.04 Å². The molecule has 2 atom stereocenters. The molecule has 1 aliphatic rings. The van der Waals surface area contributed by atoms with Crippen LogP contribution < -0.4 is 19.9 Å². The summed E-state index contributed by atoms with van der Waals surface area (Å²) in [6.07, 6.45) is 0. The molecule has 0 aromatic heterocycles. The van der Waals surface area contributed by atoms with Gasteiger partial charge in [-0.1, -0.05) is 18.2 Å². The van der Waals surface area contributed by atoms with Gasteiger partial charge >= 0.3 is 0 Å². The van der Waals surface area contributed by atoms with E-state index in [2.05, 4.69) is 0 Å². The molecule has 0 radical (unpaired) electrons. The Hall–Kier alpha value is -2.73. The Labute approximate surface area is 147 Å². The first kappa shape index (κ1) is 17.1. The van der Waals surface area contributed by atoms with Gasteiger partial charge in [0.05, 0.1) is 27.4 Å². The lowest BCUT2D eigenvalue weighted by Crippen LogP contribution is -2.62. The molecular weight excluding hydrogens is 320 g/mol. The summed E-state index contributed by atoms with van der Waals surface area (Å²) >= 11 is 0. The summed E-state index contributed by atoms with van der Waals surface area (Å²) in [5.74, 6) is 1.97. The summed E-state index contributed by atoms with van der Waals surface area (Å²) in [7, 11) is 4.80. The maximum atomic E-state index is 12.3. The van der Waals surface area contributed by atoms with Crippen LogP contribution in [0.5, 0.6) is 17.2 Å². The molecule has 6 nitrogen and oxygen atoms in total. The van der Waals surface area contributed by atoms with Gasteiger partial charge < -0.3 is 24.8 Å². The second-order valence-corrected chi connectivity index (χ2v) is 5.90. The van der Waals surface area contributed by atoms with Crippen LogP contribution in [0.2, 0.25) is 0 Å². The van der Waals surface area contributed by atoms with E-state index >= 15 is 0 Å². The van der Waals surface area contributed by atoms with E-state index in [1.54, 1.807) is 26.2 Å². The quantitative estimate of drug-likeness (QED) is 0.814. The topological polar surface area (TPSA) is 74.0 Å². The normalized spacial score (nSPS) is 19.4. The highest BCUT2D eigenvalue weighted by Gasteiger charge is 2.45. The van der Waals surface area contributed by atoms with Crippen LogP contribution in [-0.2, 0) is 11.3 Å². The molecule has 132 valence electrons. The van der Waals surface area contributed by atoms with Crippen molar-refractivity contribution in [1.29, 1.82) is 0 Å². The Morgan fingerprint density at radius 3 is 2.44 bits per heavy atom. The van der Waals surface area contributed by atoms with Crippen molar-refractivity contribution in [3.05, 3.63) is 53.6 Å². The number of carbonyl (C=O) groups excluding carboxylic acids is 1. The Bertz CT molecular complexity index is 778. The average molecular weight is 342 g/mol. The third-order valence-electron chi connectivity index (χ3n) is 4.48. The number of amides is 1. The van der Waals surface area contributed by atoms with E-state index in [-0.39, 0.29) is 11.9 Å². The second-order valence-electron chi connectivity index (χ2n) is 5.90. The minimum atomic E-state index is -0.535. The lowest BCUT2D eigenvalue weighted by molar-refractivity contribution is -0.150. The van der Waals surface area contributed by atoms with Crippen molar-refractivity contribution in [3.8, 4) is 17.2 Å². The van der Waals surface area contributed by atoms with Crippen molar-refractivity contribution < 1.29 is 19.0 Å². The lowest BCUT2D eigenvalue weighted by atomic mass is 9.88. The average Bonchev–Trinajstić information content (AvgIpc) is 2.67.